The fourth-order valence-electron chi connectivity index (χ4n) is 4.85. The zero-order valence-electron chi connectivity index (χ0n) is 22.1. The Bertz CT molecular complexity index is 1280. The number of rotatable bonds is 8. The van der Waals surface area contributed by atoms with E-state index < -0.39 is 23.5 Å². The number of anilines is 1. The number of piperidine rings is 1. The van der Waals surface area contributed by atoms with Gasteiger partial charge in [-0.15, -0.1) is 0 Å². The summed E-state index contributed by atoms with van der Waals surface area (Å²) in [6.45, 7) is 3.84. The molecule has 0 unspecified atom stereocenters. The van der Waals surface area contributed by atoms with Gasteiger partial charge in [0, 0.05) is 23.9 Å². The van der Waals surface area contributed by atoms with Crippen LogP contribution in [0.25, 0.3) is 0 Å². The number of carbonyl (C=O) groups excluding carboxylic acids is 1. The maximum Gasteiger partial charge on any atom is 0.430 e. The Balaban J connectivity index is 1.22. The smallest absolute Gasteiger partial charge is 0.369 e. The van der Waals surface area contributed by atoms with Gasteiger partial charge in [0.1, 0.15) is 11.5 Å². The number of nitrogens with one attached hydrogen (secondary N) is 2. The second kappa shape index (κ2) is 12.1. The Morgan fingerprint density at radius 1 is 0.976 bits per heavy atom. The van der Waals surface area contributed by atoms with E-state index in [2.05, 4.69) is 20.7 Å². The van der Waals surface area contributed by atoms with E-state index in [9.17, 15) is 36.2 Å². The minimum Gasteiger partial charge on any atom is -0.369 e. The second-order valence-corrected chi connectivity index (χ2v) is 10.3. The molecular weight excluding hydrogens is 554 g/mol. The van der Waals surface area contributed by atoms with Crippen LogP contribution in [0.3, 0.4) is 0 Å². The van der Waals surface area contributed by atoms with Crippen molar-refractivity contribution in [3.8, 4) is 0 Å². The summed E-state index contributed by atoms with van der Waals surface area (Å²) in [7, 11) is 0. The molecule has 2 aromatic carbocycles. The van der Waals surface area contributed by atoms with Crippen LogP contribution < -0.4 is 10.6 Å². The van der Waals surface area contributed by atoms with Gasteiger partial charge in [0.2, 0.25) is 0 Å². The highest BCUT2D eigenvalue weighted by atomic mass is 19.4. The third kappa shape index (κ3) is 7.39. The zero-order chi connectivity index (χ0) is 29.8. The van der Waals surface area contributed by atoms with E-state index >= 15 is 0 Å². The number of carbonyl (C=O) groups is 1. The van der Waals surface area contributed by atoms with Gasteiger partial charge in [-0.1, -0.05) is 41.6 Å². The lowest BCUT2D eigenvalue weighted by Crippen LogP contribution is -2.53. The van der Waals surface area contributed by atoms with Crippen molar-refractivity contribution < 1.29 is 40.8 Å². The van der Waals surface area contributed by atoms with Crippen molar-refractivity contribution in [1.29, 1.82) is 0 Å². The van der Waals surface area contributed by atoms with Crippen LogP contribution in [-0.4, -0.2) is 46.6 Å². The molecule has 3 aromatic rings. The van der Waals surface area contributed by atoms with Crippen LogP contribution in [0, 0.1) is 12.8 Å². The number of urea groups is 1. The predicted octanol–water partition coefficient (Wildman–Crippen LogP) is 6.07. The molecule has 222 valence electrons. The van der Waals surface area contributed by atoms with E-state index in [0.29, 0.717) is 47.3 Å². The quantitative estimate of drug-likeness (QED) is 0.280. The Kier molecular flexibility index (Phi) is 8.97. The highest BCUT2D eigenvalue weighted by Crippen LogP contribution is 2.50. The number of amides is 2. The average Bonchev–Trinajstić information content (AvgIpc) is 3.33. The van der Waals surface area contributed by atoms with Crippen LogP contribution >= 0.6 is 0 Å². The molecule has 1 aliphatic heterocycles. The van der Waals surface area contributed by atoms with Crippen LogP contribution in [-0.2, 0) is 25.1 Å². The van der Waals surface area contributed by atoms with Gasteiger partial charge in [-0.25, -0.2) is 4.79 Å². The molecule has 2 heterocycles. The van der Waals surface area contributed by atoms with Crippen LogP contribution in [0.5, 0.6) is 0 Å². The predicted molar refractivity (Wildman–Crippen MR) is 138 cm³/mol. The minimum absolute atomic E-state index is 0.241. The monoisotopic (exact) mass is 584 g/mol. The zero-order valence-corrected chi connectivity index (χ0v) is 22.1. The molecule has 0 aliphatic carbocycles. The summed E-state index contributed by atoms with van der Waals surface area (Å²) in [6, 6.07) is 12.7. The average molecular weight is 585 g/mol. The fraction of sp³-hybridized carbons (Fsp3) is 0.429. The van der Waals surface area contributed by atoms with E-state index in [4.69, 9.17) is 4.52 Å². The molecule has 1 aromatic heterocycles. The summed E-state index contributed by atoms with van der Waals surface area (Å²) in [5.41, 5.74) is -3.24. The molecule has 13 heteroatoms. The molecule has 3 N–H and O–H groups in total. The highest BCUT2D eigenvalue weighted by Gasteiger charge is 2.71. The summed E-state index contributed by atoms with van der Waals surface area (Å²) in [5, 5.41) is 18.8. The number of likely N-dealkylation sites (tertiary alicyclic amines) is 1. The maximum absolute atomic E-state index is 13.1. The van der Waals surface area contributed by atoms with Crippen molar-refractivity contribution in [2.75, 3.05) is 18.4 Å². The number of aliphatic hydroxyl groups is 1. The van der Waals surface area contributed by atoms with E-state index in [1.54, 1.807) is 13.0 Å². The van der Waals surface area contributed by atoms with Gasteiger partial charge < -0.3 is 20.3 Å². The van der Waals surface area contributed by atoms with Gasteiger partial charge in [-0.3, -0.25) is 4.90 Å². The van der Waals surface area contributed by atoms with E-state index in [1.165, 1.54) is 12.1 Å². The highest BCUT2D eigenvalue weighted by molar-refractivity contribution is 5.89. The van der Waals surface area contributed by atoms with Crippen molar-refractivity contribution in [3.05, 3.63) is 82.7 Å². The van der Waals surface area contributed by atoms with Gasteiger partial charge in [-0.05, 0) is 68.5 Å². The number of hydrogen-bond acceptors (Lipinski definition) is 5. The van der Waals surface area contributed by atoms with Gasteiger partial charge in [0.15, 0.2) is 0 Å². The minimum atomic E-state index is -5.90. The summed E-state index contributed by atoms with van der Waals surface area (Å²) in [5.74, 6) is 1.07. The van der Waals surface area contributed by atoms with Gasteiger partial charge in [-0.2, -0.15) is 26.3 Å². The standard InChI is InChI=1S/C28H30F6N4O3/c1-18-14-24(37-41-18)16-35-25(39)36-23-8-4-19(5-9-23)15-20-10-12-38(13-11-20)17-21-2-6-22(7-3-21)26(40,27(29,30)31)28(32,33)34/h2-9,14,20,40H,10-13,15-17H2,1H3,(H2,35,36,39). The van der Waals surface area contributed by atoms with Gasteiger partial charge >= 0.3 is 18.4 Å². The van der Waals surface area contributed by atoms with Gasteiger partial charge in [0.05, 0.1) is 6.54 Å². The molecule has 7 nitrogen and oxygen atoms in total. The van der Waals surface area contributed by atoms with Crippen LogP contribution in [0.1, 0.15) is 41.0 Å². The first-order valence-corrected chi connectivity index (χ1v) is 13.0. The lowest BCUT2D eigenvalue weighted by molar-refractivity contribution is -0.376. The number of benzene rings is 2. The molecular formula is C28H30F6N4O3. The largest absolute Gasteiger partial charge is 0.430 e. The molecule has 0 bridgehead atoms. The SMILES string of the molecule is Cc1cc(CNC(=O)Nc2ccc(CC3CCN(Cc4ccc(C(O)(C(F)(F)F)C(F)(F)F)cc4)CC3)cc2)no1. The van der Waals surface area contributed by atoms with Crippen LogP contribution in [0.2, 0.25) is 0 Å². The lowest BCUT2D eigenvalue weighted by Gasteiger charge is -2.33. The Morgan fingerprint density at radius 3 is 2.10 bits per heavy atom. The molecule has 1 fully saturated rings. The first kappa shape index (κ1) is 30.4. The molecule has 4 rings (SSSR count). The molecule has 1 saturated heterocycles. The maximum atomic E-state index is 13.1. The number of nitrogens with zero attached hydrogens (tertiary/aromatic N) is 2. The first-order chi connectivity index (χ1) is 19.2. The van der Waals surface area contributed by atoms with Crippen LogP contribution in [0.4, 0.5) is 36.8 Å². The van der Waals surface area contributed by atoms with Crippen molar-refractivity contribution in [1.82, 2.24) is 15.4 Å². The van der Waals surface area contributed by atoms with E-state index in [1.807, 2.05) is 24.3 Å². The number of aryl methyl sites for hydroxylation is 1. The normalized spacial score (nSPS) is 15.6. The third-order valence-electron chi connectivity index (χ3n) is 7.15. The second-order valence-electron chi connectivity index (χ2n) is 10.3. The lowest BCUT2D eigenvalue weighted by atomic mass is 9.89. The fourth-order valence-corrected chi connectivity index (χ4v) is 4.85. The summed E-state index contributed by atoms with van der Waals surface area (Å²) in [4.78, 5) is 14.2. The molecule has 1 aliphatic rings. The Morgan fingerprint density at radius 2 is 1.56 bits per heavy atom. The summed E-state index contributed by atoms with van der Waals surface area (Å²) < 4.78 is 83.6. The molecule has 0 radical (unpaired) electrons. The summed E-state index contributed by atoms with van der Waals surface area (Å²) >= 11 is 0. The number of alkyl halides is 6. The summed E-state index contributed by atoms with van der Waals surface area (Å²) in [6.07, 6.45) is -9.21. The van der Waals surface area contributed by atoms with Crippen molar-refractivity contribution in [2.24, 2.45) is 5.92 Å². The Labute approximate surface area is 232 Å². The first-order valence-electron chi connectivity index (χ1n) is 13.0. The molecule has 2 amide bonds. The van der Waals surface area contributed by atoms with Gasteiger partial charge in [0.25, 0.3) is 5.60 Å². The number of aromatic nitrogens is 1. The third-order valence-corrected chi connectivity index (χ3v) is 7.15. The van der Waals surface area contributed by atoms with Crippen LogP contribution in [0.15, 0.2) is 59.1 Å². The number of halogens is 6. The Hall–Kier alpha value is -3.58. The molecule has 0 saturated carbocycles. The molecule has 0 atom stereocenters. The topological polar surface area (TPSA) is 90.6 Å². The molecule has 0 spiro atoms. The van der Waals surface area contributed by atoms with Crippen molar-refractivity contribution >= 4 is 11.7 Å². The van der Waals surface area contributed by atoms with E-state index in [-0.39, 0.29) is 12.6 Å². The number of hydrogen-bond donors (Lipinski definition) is 3. The van der Waals surface area contributed by atoms with E-state index in [0.717, 1.165) is 37.9 Å². The van der Waals surface area contributed by atoms with Crippen molar-refractivity contribution in [2.45, 2.75) is 57.2 Å². The molecule has 41 heavy (non-hydrogen) atoms. The van der Waals surface area contributed by atoms with Crippen molar-refractivity contribution in [3.63, 3.8) is 0 Å².